The van der Waals surface area contributed by atoms with Crippen molar-refractivity contribution in [2.24, 2.45) is 0 Å². The fraction of sp³-hybridized carbons (Fsp3) is 0.667. The molecule has 2 N–H and O–H groups in total. The summed E-state index contributed by atoms with van der Waals surface area (Å²) in [6.07, 6.45) is 6.20. The second-order valence-electron chi connectivity index (χ2n) is 4.45. The molecule has 0 fully saturated rings. The van der Waals surface area contributed by atoms with Crippen LogP contribution in [0.5, 0.6) is 0 Å². The molecule has 0 saturated heterocycles. The zero-order chi connectivity index (χ0) is 14.7. The summed E-state index contributed by atoms with van der Waals surface area (Å²) in [6, 6.07) is 2.53. The van der Waals surface area contributed by atoms with Gasteiger partial charge in [0.05, 0.1) is 0 Å². The lowest BCUT2D eigenvalue weighted by Crippen LogP contribution is -2.27. The lowest BCUT2D eigenvalue weighted by atomic mass is 10.1. The third kappa shape index (κ3) is 6.88. The number of likely N-dealkylation sites (N-methyl/N-ethyl adjacent to an activating group) is 1. The number of nitriles is 1. The van der Waals surface area contributed by atoms with Gasteiger partial charge in [-0.2, -0.15) is 5.26 Å². The molecule has 0 aromatic heterocycles. The lowest BCUT2D eigenvalue weighted by molar-refractivity contribution is 0.392. The molecule has 0 saturated carbocycles. The minimum Gasteiger partial charge on any atom is -0.392 e. The van der Waals surface area contributed by atoms with Gasteiger partial charge in [0.2, 0.25) is 0 Å². The minimum atomic E-state index is 0.233. The van der Waals surface area contributed by atoms with Gasteiger partial charge in [-0.3, -0.25) is 0 Å². The van der Waals surface area contributed by atoms with E-state index < -0.39 is 0 Å². The molecule has 19 heavy (non-hydrogen) atoms. The molecule has 4 heteroatoms. The largest absolute Gasteiger partial charge is 0.392 e. The van der Waals surface area contributed by atoms with Crippen LogP contribution in [0.2, 0.25) is 0 Å². The fourth-order valence-electron chi connectivity index (χ4n) is 1.86. The number of rotatable bonds is 9. The third-order valence-electron chi connectivity index (χ3n) is 3.27. The Labute approximate surface area is 118 Å². The minimum absolute atomic E-state index is 0.233. The van der Waals surface area contributed by atoms with Crippen molar-refractivity contribution in [3.8, 4) is 6.07 Å². The Kier molecular flexibility index (Phi) is 9.64. The number of allylic oxidation sites excluding steroid dienone is 3. The van der Waals surface area contributed by atoms with Gasteiger partial charge in [0.25, 0.3) is 0 Å². The molecule has 0 aromatic rings. The summed E-state index contributed by atoms with van der Waals surface area (Å²) in [4.78, 5) is 2.08. The number of nitrogens with zero attached hydrogens (tertiary/aromatic N) is 2. The highest BCUT2D eigenvalue weighted by atomic mass is 15.1. The molecular weight excluding hydrogens is 236 g/mol. The van der Waals surface area contributed by atoms with Crippen LogP contribution >= 0.6 is 0 Å². The van der Waals surface area contributed by atoms with Gasteiger partial charge in [-0.1, -0.05) is 6.08 Å². The molecule has 108 valence electrons. The molecule has 0 rings (SSSR count). The summed E-state index contributed by atoms with van der Waals surface area (Å²) in [6.45, 7) is 7.93. The summed E-state index contributed by atoms with van der Waals surface area (Å²) >= 11 is 0. The quantitative estimate of drug-likeness (QED) is 0.627. The summed E-state index contributed by atoms with van der Waals surface area (Å²) in [5.41, 5.74) is 1.95. The first kappa shape index (κ1) is 17.5. The molecule has 0 radical (unpaired) electrons. The Morgan fingerprint density at radius 3 is 2.37 bits per heavy atom. The maximum atomic E-state index is 9.25. The highest BCUT2D eigenvalue weighted by Crippen LogP contribution is 2.08. The van der Waals surface area contributed by atoms with Gasteiger partial charge in [-0.15, -0.1) is 0 Å². The first-order chi connectivity index (χ1) is 9.12. The SMILES string of the molecule is CCN(CC)C(C#N)=CC(CCC=C(C)NC)NC. The first-order valence-electron chi connectivity index (χ1n) is 7.01. The Morgan fingerprint density at radius 2 is 1.95 bits per heavy atom. The maximum absolute atomic E-state index is 9.25. The summed E-state index contributed by atoms with van der Waals surface area (Å²) in [5.74, 6) is 0. The van der Waals surface area contributed by atoms with Crippen LogP contribution in [-0.4, -0.2) is 38.1 Å². The second kappa shape index (κ2) is 10.5. The molecule has 0 aliphatic rings. The van der Waals surface area contributed by atoms with Crippen molar-refractivity contribution in [2.45, 2.75) is 39.7 Å². The van der Waals surface area contributed by atoms with Crippen LogP contribution in [0.4, 0.5) is 0 Å². The predicted molar refractivity (Wildman–Crippen MR) is 81.5 cm³/mol. The van der Waals surface area contributed by atoms with E-state index in [0.717, 1.165) is 31.6 Å². The van der Waals surface area contributed by atoms with Crippen molar-refractivity contribution < 1.29 is 0 Å². The molecule has 0 aliphatic carbocycles. The van der Waals surface area contributed by atoms with E-state index in [1.54, 1.807) is 0 Å². The van der Waals surface area contributed by atoms with Gasteiger partial charge >= 0.3 is 0 Å². The molecule has 0 amide bonds. The zero-order valence-corrected chi connectivity index (χ0v) is 13.0. The summed E-state index contributed by atoms with van der Waals surface area (Å²) in [5, 5.41) is 15.6. The van der Waals surface area contributed by atoms with Crippen LogP contribution in [0, 0.1) is 11.3 Å². The highest BCUT2D eigenvalue weighted by Gasteiger charge is 2.08. The smallest absolute Gasteiger partial charge is 0.117 e. The topological polar surface area (TPSA) is 51.1 Å². The average molecular weight is 264 g/mol. The molecule has 0 spiro atoms. The second-order valence-corrected chi connectivity index (χ2v) is 4.45. The lowest BCUT2D eigenvalue weighted by Gasteiger charge is -2.21. The molecule has 1 unspecified atom stereocenters. The van der Waals surface area contributed by atoms with E-state index in [9.17, 15) is 5.26 Å². The normalized spacial score (nSPS) is 13.9. The Morgan fingerprint density at radius 1 is 1.32 bits per heavy atom. The van der Waals surface area contributed by atoms with Crippen molar-refractivity contribution in [3.63, 3.8) is 0 Å². The van der Waals surface area contributed by atoms with E-state index in [2.05, 4.69) is 48.4 Å². The van der Waals surface area contributed by atoms with Crippen LogP contribution < -0.4 is 10.6 Å². The van der Waals surface area contributed by atoms with E-state index >= 15 is 0 Å². The van der Waals surface area contributed by atoms with E-state index in [1.165, 1.54) is 5.70 Å². The van der Waals surface area contributed by atoms with Gasteiger partial charge in [0, 0.05) is 31.9 Å². The average Bonchev–Trinajstić information content (AvgIpc) is 2.45. The van der Waals surface area contributed by atoms with E-state index in [1.807, 2.05) is 20.2 Å². The van der Waals surface area contributed by atoms with E-state index in [-0.39, 0.29) is 6.04 Å². The van der Waals surface area contributed by atoms with Crippen molar-refractivity contribution in [1.82, 2.24) is 15.5 Å². The van der Waals surface area contributed by atoms with Crippen LogP contribution in [0.1, 0.15) is 33.6 Å². The zero-order valence-electron chi connectivity index (χ0n) is 13.0. The molecule has 0 aliphatic heterocycles. The summed E-state index contributed by atoms with van der Waals surface area (Å²) < 4.78 is 0. The Balaban J connectivity index is 4.63. The predicted octanol–water partition coefficient (Wildman–Crippen LogP) is 2.23. The Bertz CT molecular complexity index is 335. The van der Waals surface area contributed by atoms with Crippen LogP contribution in [0.25, 0.3) is 0 Å². The number of hydrogen-bond donors (Lipinski definition) is 2. The van der Waals surface area contributed by atoms with E-state index in [0.29, 0.717) is 0 Å². The van der Waals surface area contributed by atoms with Gasteiger partial charge < -0.3 is 15.5 Å². The number of hydrogen-bond acceptors (Lipinski definition) is 4. The van der Waals surface area contributed by atoms with Crippen LogP contribution in [0.15, 0.2) is 23.5 Å². The summed E-state index contributed by atoms with van der Waals surface area (Å²) in [7, 11) is 3.86. The molecular formula is C15H28N4. The van der Waals surface area contributed by atoms with E-state index in [4.69, 9.17) is 0 Å². The van der Waals surface area contributed by atoms with Crippen LogP contribution in [-0.2, 0) is 0 Å². The van der Waals surface area contributed by atoms with Crippen molar-refractivity contribution in [1.29, 1.82) is 5.26 Å². The number of nitrogens with one attached hydrogen (secondary N) is 2. The molecule has 0 bridgehead atoms. The van der Waals surface area contributed by atoms with Gasteiger partial charge in [-0.25, -0.2) is 0 Å². The van der Waals surface area contributed by atoms with Crippen LogP contribution in [0.3, 0.4) is 0 Å². The standard InChI is InChI=1S/C15H28N4/c1-6-19(7-2)15(12-16)11-14(18-5)10-8-9-13(3)17-4/h9,11,14,17-18H,6-8,10H2,1-5H3. The molecule has 4 nitrogen and oxygen atoms in total. The first-order valence-corrected chi connectivity index (χ1v) is 7.01. The fourth-order valence-corrected chi connectivity index (χ4v) is 1.86. The maximum Gasteiger partial charge on any atom is 0.117 e. The van der Waals surface area contributed by atoms with Crippen molar-refractivity contribution >= 4 is 0 Å². The Hall–Kier alpha value is -1.47. The monoisotopic (exact) mass is 264 g/mol. The van der Waals surface area contributed by atoms with Crippen molar-refractivity contribution in [3.05, 3.63) is 23.5 Å². The molecule has 0 heterocycles. The third-order valence-corrected chi connectivity index (χ3v) is 3.27. The molecule has 0 aromatic carbocycles. The van der Waals surface area contributed by atoms with Crippen molar-refractivity contribution in [2.75, 3.05) is 27.2 Å². The molecule has 1 atom stereocenters. The van der Waals surface area contributed by atoms with Gasteiger partial charge in [-0.05, 0) is 46.7 Å². The highest BCUT2D eigenvalue weighted by molar-refractivity contribution is 5.21. The van der Waals surface area contributed by atoms with Gasteiger partial charge in [0.1, 0.15) is 11.8 Å². The van der Waals surface area contributed by atoms with Gasteiger partial charge in [0.15, 0.2) is 0 Å².